The van der Waals surface area contributed by atoms with Crippen molar-refractivity contribution in [3.63, 3.8) is 0 Å². The molecule has 0 spiro atoms. The first kappa shape index (κ1) is 11.5. The van der Waals surface area contributed by atoms with Crippen LogP contribution in [0, 0.1) is 5.92 Å². The Labute approximate surface area is 96.6 Å². The molecule has 5 nitrogen and oxygen atoms in total. The van der Waals surface area contributed by atoms with Crippen LogP contribution < -0.4 is 5.32 Å². The number of nitrogens with zero attached hydrogens (tertiary/aromatic N) is 4. The van der Waals surface area contributed by atoms with Gasteiger partial charge in [-0.1, -0.05) is 13.3 Å². The second-order valence-electron chi connectivity index (χ2n) is 4.65. The van der Waals surface area contributed by atoms with Crippen LogP contribution in [-0.2, 0) is 6.54 Å². The van der Waals surface area contributed by atoms with Gasteiger partial charge in [0.1, 0.15) is 0 Å². The van der Waals surface area contributed by atoms with E-state index in [1.165, 1.54) is 19.3 Å². The van der Waals surface area contributed by atoms with E-state index in [1.807, 2.05) is 4.68 Å². The minimum Gasteiger partial charge on any atom is -0.310 e. The molecule has 0 aromatic carbocycles. The topological polar surface area (TPSA) is 55.6 Å². The molecule has 0 amide bonds. The molecule has 1 aromatic rings. The summed E-state index contributed by atoms with van der Waals surface area (Å²) in [5, 5.41) is 15.3. The highest BCUT2D eigenvalue weighted by atomic mass is 15.6. The summed E-state index contributed by atoms with van der Waals surface area (Å²) in [6.07, 6.45) is 5.14. The van der Waals surface area contributed by atoms with Crippen LogP contribution in [0.3, 0.4) is 0 Å². The van der Waals surface area contributed by atoms with Crippen LogP contribution in [0.25, 0.3) is 0 Å². The van der Waals surface area contributed by atoms with E-state index in [1.54, 1.807) is 0 Å². The Morgan fingerprint density at radius 1 is 1.50 bits per heavy atom. The SMILES string of the molecule is CCCNCc1nnnn1C(C)C1CCC1. The summed E-state index contributed by atoms with van der Waals surface area (Å²) in [5.41, 5.74) is 0. The maximum atomic E-state index is 4.11. The smallest absolute Gasteiger partial charge is 0.165 e. The number of aromatic nitrogens is 4. The van der Waals surface area contributed by atoms with Gasteiger partial charge in [-0.2, -0.15) is 0 Å². The predicted molar refractivity (Wildman–Crippen MR) is 61.9 cm³/mol. The van der Waals surface area contributed by atoms with Gasteiger partial charge in [-0.3, -0.25) is 0 Å². The van der Waals surface area contributed by atoms with Gasteiger partial charge in [-0.25, -0.2) is 4.68 Å². The zero-order valence-corrected chi connectivity index (χ0v) is 10.2. The van der Waals surface area contributed by atoms with Crippen molar-refractivity contribution in [2.75, 3.05) is 6.54 Å². The third-order valence-corrected chi connectivity index (χ3v) is 3.49. The Hall–Kier alpha value is -0.970. The minimum absolute atomic E-state index is 0.446. The molecule has 1 atom stereocenters. The third kappa shape index (κ3) is 2.40. The fourth-order valence-corrected chi connectivity index (χ4v) is 2.14. The number of tetrazole rings is 1. The first-order valence-corrected chi connectivity index (χ1v) is 6.30. The molecule has 0 radical (unpaired) electrons. The molecular weight excluding hydrogens is 202 g/mol. The van der Waals surface area contributed by atoms with Gasteiger partial charge >= 0.3 is 0 Å². The standard InChI is InChI=1S/C11H21N5/c1-3-7-12-8-11-13-14-15-16(11)9(2)10-5-4-6-10/h9-10,12H,3-8H2,1-2H3. The van der Waals surface area contributed by atoms with Crippen molar-refractivity contribution in [2.24, 2.45) is 5.92 Å². The summed E-state index contributed by atoms with van der Waals surface area (Å²) in [6.45, 7) is 6.18. The van der Waals surface area contributed by atoms with Crippen molar-refractivity contribution in [3.8, 4) is 0 Å². The zero-order chi connectivity index (χ0) is 11.4. The largest absolute Gasteiger partial charge is 0.310 e. The molecule has 0 bridgehead atoms. The number of hydrogen-bond donors (Lipinski definition) is 1. The molecule has 16 heavy (non-hydrogen) atoms. The lowest BCUT2D eigenvalue weighted by Crippen LogP contribution is -2.27. The first-order valence-electron chi connectivity index (χ1n) is 6.30. The molecular formula is C11H21N5. The van der Waals surface area contributed by atoms with Crippen LogP contribution in [0.4, 0.5) is 0 Å². The zero-order valence-electron chi connectivity index (χ0n) is 10.2. The lowest BCUT2D eigenvalue weighted by atomic mass is 9.80. The third-order valence-electron chi connectivity index (χ3n) is 3.49. The summed E-state index contributed by atoms with van der Waals surface area (Å²) in [5.74, 6) is 1.74. The maximum absolute atomic E-state index is 4.11. The van der Waals surface area contributed by atoms with Gasteiger partial charge in [0.05, 0.1) is 12.6 Å². The predicted octanol–water partition coefficient (Wildman–Crippen LogP) is 1.53. The van der Waals surface area contributed by atoms with Crippen LogP contribution in [0.15, 0.2) is 0 Å². The number of nitrogens with one attached hydrogen (secondary N) is 1. The normalized spacial score (nSPS) is 18.4. The minimum atomic E-state index is 0.446. The molecule has 0 saturated heterocycles. The fourth-order valence-electron chi connectivity index (χ4n) is 2.14. The van der Waals surface area contributed by atoms with E-state index in [-0.39, 0.29) is 0 Å². The van der Waals surface area contributed by atoms with Crippen molar-refractivity contribution in [2.45, 2.75) is 52.1 Å². The monoisotopic (exact) mass is 223 g/mol. The van der Waals surface area contributed by atoms with Gasteiger partial charge in [0.25, 0.3) is 0 Å². The van der Waals surface area contributed by atoms with Crippen LogP contribution in [0.2, 0.25) is 0 Å². The van der Waals surface area contributed by atoms with E-state index in [4.69, 9.17) is 0 Å². The number of hydrogen-bond acceptors (Lipinski definition) is 4. The molecule has 2 rings (SSSR count). The molecule has 1 N–H and O–H groups in total. The van der Waals surface area contributed by atoms with E-state index in [9.17, 15) is 0 Å². The van der Waals surface area contributed by atoms with Crippen LogP contribution in [0.5, 0.6) is 0 Å². The molecule has 1 aromatic heterocycles. The van der Waals surface area contributed by atoms with E-state index in [0.29, 0.717) is 6.04 Å². The second kappa shape index (κ2) is 5.39. The summed E-state index contributed by atoms with van der Waals surface area (Å²) in [7, 11) is 0. The average molecular weight is 223 g/mol. The Bertz CT molecular complexity index is 318. The van der Waals surface area contributed by atoms with Gasteiger partial charge in [0.15, 0.2) is 5.82 Å². The summed E-state index contributed by atoms with van der Waals surface area (Å²) in [6, 6.07) is 0.446. The van der Waals surface area contributed by atoms with Crippen molar-refractivity contribution < 1.29 is 0 Å². The van der Waals surface area contributed by atoms with Gasteiger partial charge in [0.2, 0.25) is 0 Å². The van der Waals surface area contributed by atoms with Crippen LogP contribution in [-0.4, -0.2) is 26.8 Å². The average Bonchev–Trinajstić information content (AvgIpc) is 2.63. The summed E-state index contributed by atoms with van der Waals surface area (Å²) < 4.78 is 1.99. The van der Waals surface area contributed by atoms with Crippen molar-refractivity contribution in [1.29, 1.82) is 0 Å². The van der Waals surface area contributed by atoms with E-state index >= 15 is 0 Å². The van der Waals surface area contributed by atoms with Crippen LogP contribution >= 0.6 is 0 Å². The summed E-state index contributed by atoms with van der Waals surface area (Å²) >= 11 is 0. The van der Waals surface area contributed by atoms with Crippen molar-refractivity contribution >= 4 is 0 Å². The lowest BCUT2D eigenvalue weighted by molar-refractivity contribution is 0.204. The Balaban J connectivity index is 1.94. The quantitative estimate of drug-likeness (QED) is 0.743. The van der Waals surface area contributed by atoms with Crippen LogP contribution in [0.1, 0.15) is 51.4 Å². The van der Waals surface area contributed by atoms with Crippen molar-refractivity contribution in [3.05, 3.63) is 5.82 Å². The highest BCUT2D eigenvalue weighted by Crippen LogP contribution is 2.35. The fraction of sp³-hybridized carbons (Fsp3) is 0.909. The molecule has 1 aliphatic rings. The van der Waals surface area contributed by atoms with E-state index < -0.39 is 0 Å². The molecule has 1 heterocycles. The number of rotatable bonds is 6. The van der Waals surface area contributed by atoms with Gasteiger partial charge in [-0.15, -0.1) is 5.10 Å². The van der Waals surface area contributed by atoms with E-state index in [0.717, 1.165) is 31.3 Å². The first-order chi connectivity index (χ1) is 7.83. The van der Waals surface area contributed by atoms with E-state index in [2.05, 4.69) is 34.7 Å². The van der Waals surface area contributed by atoms with Gasteiger partial charge < -0.3 is 5.32 Å². The molecule has 5 heteroatoms. The molecule has 1 saturated carbocycles. The molecule has 1 aliphatic carbocycles. The molecule has 1 fully saturated rings. The highest BCUT2D eigenvalue weighted by Gasteiger charge is 2.27. The molecule has 90 valence electrons. The second-order valence-corrected chi connectivity index (χ2v) is 4.65. The maximum Gasteiger partial charge on any atom is 0.165 e. The lowest BCUT2D eigenvalue weighted by Gasteiger charge is -2.31. The molecule has 1 unspecified atom stereocenters. The highest BCUT2D eigenvalue weighted by molar-refractivity contribution is 4.87. The van der Waals surface area contributed by atoms with Gasteiger partial charge in [-0.05, 0) is 49.1 Å². The Morgan fingerprint density at radius 2 is 2.31 bits per heavy atom. The molecule has 0 aliphatic heterocycles. The van der Waals surface area contributed by atoms with Gasteiger partial charge in [0, 0.05) is 0 Å². The Morgan fingerprint density at radius 3 is 2.94 bits per heavy atom. The van der Waals surface area contributed by atoms with Crippen molar-refractivity contribution in [1.82, 2.24) is 25.5 Å². The Kier molecular flexibility index (Phi) is 3.88. The summed E-state index contributed by atoms with van der Waals surface area (Å²) in [4.78, 5) is 0.